The van der Waals surface area contributed by atoms with E-state index in [9.17, 15) is 4.79 Å². The van der Waals surface area contributed by atoms with E-state index in [0.717, 1.165) is 17.1 Å². The predicted molar refractivity (Wildman–Crippen MR) is 88.0 cm³/mol. The molecule has 5 nitrogen and oxygen atoms in total. The lowest BCUT2D eigenvalue weighted by molar-refractivity contribution is -0.127. The van der Waals surface area contributed by atoms with Crippen molar-refractivity contribution in [3.63, 3.8) is 0 Å². The normalized spacial score (nSPS) is 10.9. The molecule has 1 aromatic carbocycles. The van der Waals surface area contributed by atoms with Gasteiger partial charge in [-0.1, -0.05) is 18.2 Å². The Morgan fingerprint density at radius 2 is 2.04 bits per heavy atom. The van der Waals surface area contributed by atoms with Crippen LogP contribution in [0.25, 0.3) is 6.08 Å². The molecule has 0 spiro atoms. The maximum atomic E-state index is 12.4. The molecule has 0 aliphatic heterocycles. The summed E-state index contributed by atoms with van der Waals surface area (Å²) in [5, 5.41) is 0. The average molecular weight is 315 g/mol. The SMILES string of the molecule is COCCN(Cc1ccco1)C(=O)/C=C/c1ccccc1OC. The zero-order valence-electron chi connectivity index (χ0n) is 13.4. The predicted octanol–water partition coefficient (Wildman–Crippen LogP) is 2.98. The van der Waals surface area contributed by atoms with Crippen LogP contribution in [0.15, 0.2) is 53.2 Å². The Balaban J connectivity index is 2.08. The topological polar surface area (TPSA) is 51.9 Å². The second kappa shape index (κ2) is 8.80. The molecule has 1 aromatic heterocycles. The van der Waals surface area contributed by atoms with Gasteiger partial charge < -0.3 is 18.8 Å². The number of carbonyl (C=O) groups is 1. The maximum Gasteiger partial charge on any atom is 0.247 e. The molecule has 0 aliphatic rings. The smallest absolute Gasteiger partial charge is 0.247 e. The number of benzene rings is 1. The average Bonchev–Trinajstić information content (AvgIpc) is 3.09. The van der Waals surface area contributed by atoms with Gasteiger partial charge in [-0.2, -0.15) is 0 Å². The van der Waals surface area contributed by atoms with E-state index in [-0.39, 0.29) is 5.91 Å². The van der Waals surface area contributed by atoms with E-state index in [1.807, 2.05) is 30.3 Å². The molecule has 2 aromatic rings. The van der Waals surface area contributed by atoms with Gasteiger partial charge >= 0.3 is 0 Å². The molecule has 1 heterocycles. The van der Waals surface area contributed by atoms with Crippen LogP contribution in [0, 0.1) is 0 Å². The highest BCUT2D eigenvalue weighted by atomic mass is 16.5. The summed E-state index contributed by atoms with van der Waals surface area (Å²) < 4.78 is 15.7. The molecule has 0 saturated carbocycles. The van der Waals surface area contributed by atoms with E-state index in [2.05, 4.69) is 0 Å². The Bertz CT molecular complexity index is 634. The second-order valence-electron chi connectivity index (χ2n) is 4.91. The molecular weight excluding hydrogens is 294 g/mol. The standard InChI is InChI=1S/C18H21NO4/c1-21-13-11-19(14-16-7-5-12-23-16)18(20)10-9-15-6-3-4-8-17(15)22-2/h3-10,12H,11,13-14H2,1-2H3/b10-9+. The van der Waals surface area contributed by atoms with Crippen molar-refractivity contribution in [3.8, 4) is 5.75 Å². The highest BCUT2D eigenvalue weighted by molar-refractivity contribution is 5.92. The van der Waals surface area contributed by atoms with Crippen molar-refractivity contribution in [2.45, 2.75) is 6.54 Å². The van der Waals surface area contributed by atoms with E-state index in [0.29, 0.717) is 19.7 Å². The summed E-state index contributed by atoms with van der Waals surface area (Å²) in [7, 11) is 3.22. The highest BCUT2D eigenvalue weighted by Crippen LogP contribution is 2.18. The molecule has 0 saturated heterocycles. The zero-order valence-corrected chi connectivity index (χ0v) is 13.4. The number of nitrogens with zero attached hydrogens (tertiary/aromatic N) is 1. The fourth-order valence-electron chi connectivity index (χ4n) is 2.13. The molecule has 0 radical (unpaired) electrons. The minimum absolute atomic E-state index is 0.107. The van der Waals surface area contributed by atoms with Crippen LogP contribution in [0.5, 0.6) is 5.75 Å². The van der Waals surface area contributed by atoms with Crippen molar-refractivity contribution in [2.24, 2.45) is 0 Å². The Morgan fingerprint density at radius 3 is 2.74 bits per heavy atom. The van der Waals surface area contributed by atoms with Crippen molar-refractivity contribution in [3.05, 3.63) is 60.1 Å². The highest BCUT2D eigenvalue weighted by Gasteiger charge is 2.12. The van der Waals surface area contributed by atoms with Gasteiger partial charge in [-0.3, -0.25) is 4.79 Å². The number of ether oxygens (including phenoxy) is 2. The number of amides is 1. The summed E-state index contributed by atoms with van der Waals surface area (Å²) in [5.41, 5.74) is 0.855. The summed E-state index contributed by atoms with van der Waals surface area (Å²) in [6.07, 6.45) is 4.89. The minimum atomic E-state index is -0.107. The third kappa shape index (κ3) is 5.00. The Hall–Kier alpha value is -2.53. The van der Waals surface area contributed by atoms with Crippen LogP contribution in [-0.2, 0) is 16.1 Å². The minimum Gasteiger partial charge on any atom is -0.496 e. The van der Waals surface area contributed by atoms with Gasteiger partial charge in [0.2, 0.25) is 5.91 Å². The Morgan fingerprint density at radius 1 is 1.22 bits per heavy atom. The van der Waals surface area contributed by atoms with Crippen LogP contribution >= 0.6 is 0 Å². The molecule has 23 heavy (non-hydrogen) atoms. The van der Waals surface area contributed by atoms with Crippen molar-refractivity contribution in [2.75, 3.05) is 27.4 Å². The number of methoxy groups -OCH3 is 2. The third-order valence-electron chi connectivity index (χ3n) is 3.35. The summed E-state index contributed by atoms with van der Waals surface area (Å²) in [6, 6.07) is 11.2. The van der Waals surface area contributed by atoms with Crippen LogP contribution in [0.1, 0.15) is 11.3 Å². The van der Waals surface area contributed by atoms with Crippen molar-refractivity contribution in [1.82, 2.24) is 4.90 Å². The number of hydrogen-bond donors (Lipinski definition) is 0. The van der Waals surface area contributed by atoms with Crippen molar-refractivity contribution in [1.29, 1.82) is 0 Å². The van der Waals surface area contributed by atoms with Crippen LogP contribution < -0.4 is 4.74 Å². The lowest BCUT2D eigenvalue weighted by Crippen LogP contribution is -2.31. The summed E-state index contributed by atoms with van der Waals surface area (Å²) >= 11 is 0. The maximum absolute atomic E-state index is 12.4. The van der Waals surface area contributed by atoms with Crippen LogP contribution in [0.2, 0.25) is 0 Å². The van der Waals surface area contributed by atoms with E-state index >= 15 is 0 Å². The fraction of sp³-hybridized carbons (Fsp3) is 0.278. The number of furan rings is 1. The Kier molecular flexibility index (Phi) is 6.44. The van der Waals surface area contributed by atoms with Gasteiger partial charge in [-0.05, 0) is 24.3 Å². The molecule has 0 bridgehead atoms. The van der Waals surface area contributed by atoms with Crippen molar-refractivity contribution >= 4 is 12.0 Å². The van der Waals surface area contributed by atoms with Crippen molar-refractivity contribution < 1.29 is 18.7 Å². The Labute approximate surface area is 136 Å². The van der Waals surface area contributed by atoms with Crippen LogP contribution in [0.4, 0.5) is 0 Å². The number of carbonyl (C=O) groups excluding carboxylic acids is 1. The summed E-state index contributed by atoms with van der Waals surface area (Å²) in [5.74, 6) is 1.36. The van der Waals surface area contributed by atoms with Gasteiger partial charge in [-0.25, -0.2) is 0 Å². The summed E-state index contributed by atoms with van der Waals surface area (Å²) in [4.78, 5) is 14.1. The molecular formula is C18H21NO4. The third-order valence-corrected chi connectivity index (χ3v) is 3.35. The number of hydrogen-bond acceptors (Lipinski definition) is 4. The molecule has 0 N–H and O–H groups in total. The van der Waals surface area contributed by atoms with Gasteiger partial charge in [0.15, 0.2) is 0 Å². The molecule has 0 aliphatic carbocycles. The molecule has 0 fully saturated rings. The second-order valence-corrected chi connectivity index (χ2v) is 4.91. The molecule has 0 unspecified atom stereocenters. The number of para-hydroxylation sites is 1. The lowest BCUT2D eigenvalue weighted by Gasteiger charge is -2.19. The van der Waals surface area contributed by atoms with Gasteiger partial charge in [0.05, 0.1) is 26.5 Å². The zero-order chi connectivity index (χ0) is 16.5. The molecule has 5 heteroatoms. The first-order valence-electron chi connectivity index (χ1n) is 7.36. The van der Waals surface area contributed by atoms with Gasteiger partial charge in [0.25, 0.3) is 0 Å². The van der Waals surface area contributed by atoms with Gasteiger partial charge in [0.1, 0.15) is 11.5 Å². The number of rotatable bonds is 8. The molecule has 2 rings (SSSR count). The summed E-state index contributed by atoms with van der Waals surface area (Å²) in [6.45, 7) is 1.37. The lowest BCUT2D eigenvalue weighted by atomic mass is 10.2. The van der Waals surface area contributed by atoms with Gasteiger partial charge in [-0.15, -0.1) is 0 Å². The molecule has 122 valence electrons. The van der Waals surface area contributed by atoms with Crippen LogP contribution in [0.3, 0.4) is 0 Å². The van der Waals surface area contributed by atoms with Gasteiger partial charge in [0, 0.05) is 25.3 Å². The monoisotopic (exact) mass is 315 g/mol. The molecule has 1 amide bonds. The first-order valence-corrected chi connectivity index (χ1v) is 7.36. The van der Waals surface area contributed by atoms with E-state index < -0.39 is 0 Å². The first kappa shape index (κ1) is 16.8. The first-order chi connectivity index (χ1) is 11.2. The van der Waals surface area contributed by atoms with E-state index in [1.165, 1.54) is 6.08 Å². The quantitative estimate of drug-likeness (QED) is 0.703. The van der Waals surface area contributed by atoms with E-state index in [4.69, 9.17) is 13.9 Å². The fourth-order valence-corrected chi connectivity index (χ4v) is 2.13. The van der Waals surface area contributed by atoms with Crippen LogP contribution in [-0.4, -0.2) is 38.2 Å². The molecule has 0 atom stereocenters. The largest absolute Gasteiger partial charge is 0.496 e. The van der Waals surface area contributed by atoms with E-state index in [1.54, 1.807) is 37.5 Å².